The highest BCUT2D eigenvalue weighted by molar-refractivity contribution is 7.07. The number of ether oxygens (including phenoxy) is 3. The minimum Gasteiger partial charge on any atom is -0.458 e. The Labute approximate surface area is 254 Å². The van der Waals surface area contributed by atoms with Gasteiger partial charge in [-0.05, 0) is 57.1 Å². The summed E-state index contributed by atoms with van der Waals surface area (Å²) in [6.07, 6.45) is -2.40. The van der Waals surface area contributed by atoms with Gasteiger partial charge in [0.15, 0.2) is 6.04 Å². The third-order valence-electron chi connectivity index (χ3n) is 6.58. The highest BCUT2D eigenvalue weighted by Gasteiger charge is 2.47. The molecule has 0 aromatic heterocycles. The summed E-state index contributed by atoms with van der Waals surface area (Å²) in [5.41, 5.74) is 0.708. The first-order valence-corrected chi connectivity index (χ1v) is 16.2. The van der Waals surface area contributed by atoms with Crippen molar-refractivity contribution in [2.75, 3.05) is 6.61 Å². The molecule has 10 heteroatoms. The SMILES string of the molecule is CC(C)(C)OC(=O)NN(C(=O)OC(C)(C)C)[C@@H]1C[C@H](CO[Si](c2ccccc2)(c2ccccc2)c2ccccc2)OC1=O. The van der Waals surface area contributed by atoms with E-state index in [0.29, 0.717) is 0 Å². The minimum atomic E-state index is -3.06. The number of benzene rings is 3. The summed E-state index contributed by atoms with van der Waals surface area (Å²) < 4.78 is 23.5. The number of nitrogens with one attached hydrogen (secondary N) is 1. The summed E-state index contributed by atoms with van der Waals surface area (Å²) in [4.78, 5) is 39.0. The lowest BCUT2D eigenvalue weighted by atomic mass is 10.1. The zero-order chi connectivity index (χ0) is 31.3. The third-order valence-corrected chi connectivity index (χ3v) is 10.6. The molecule has 0 saturated carbocycles. The molecule has 228 valence electrons. The van der Waals surface area contributed by atoms with Gasteiger partial charge in [-0.15, -0.1) is 0 Å². The Morgan fingerprint density at radius 3 is 1.65 bits per heavy atom. The second-order valence-corrected chi connectivity index (χ2v) is 15.7. The number of carbonyl (C=O) groups is 3. The van der Waals surface area contributed by atoms with Crippen LogP contribution in [0.3, 0.4) is 0 Å². The summed E-state index contributed by atoms with van der Waals surface area (Å²) >= 11 is 0. The molecule has 0 unspecified atom stereocenters. The molecular weight excluding hydrogens is 564 g/mol. The molecule has 9 nitrogen and oxygen atoms in total. The molecule has 1 saturated heterocycles. The van der Waals surface area contributed by atoms with Crippen molar-refractivity contribution in [3.63, 3.8) is 0 Å². The Morgan fingerprint density at radius 1 is 0.791 bits per heavy atom. The molecule has 1 aliphatic heterocycles. The quantitative estimate of drug-likeness (QED) is 0.143. The Hall–Kier alpha value is -4.15. The normalized spacial score (nSPS) is 17.1. The van der Waals surface area contributed by atoms with Crippen LogP contribution in [0.4, 0.5) is 9.59 Å². The lowest BCUT2D eigenvalue weighted by Gasteiger charge is -2.34. The first-order valence-electron chi connectivity index (χ1n) is 14.3. The van der Waals surface area contributed by atoms with Crippen molar-refractivity contribution in [2.45, 2.75) is 71.3 Å². The molecule has 43 heavy (non-hydrogen) atoms. The number of nitrogens with zero attached hydrogens (tertiary/aromatic N) is 1. The van der Waals surface area contributed by atoms with Gasteiger partial charge in [0.2, 0.25) is 0 Å². The number of amides is 2. The van der Waals surface area contributed by atoms with E-state index in [0.717, 1.165) is 20.6 Å². The van der Waals surface area contributed by atoms with Crippen LogP contribution in [0.5, 0.6) is 0 Å². The van der Waals surface area contributed by atoms with Crippen molar-refractivity contribution in [2.24, 2.45) is 0 Å². The highest BCUT2D eigenvalue weighted by Crippen LogP contribution is 2.23. The zero-order valence-electron chi connectivity index (χ0n) is 25.5. The van der Waals surface area contributed by atoms with Gasteiger partial charge in [0.1, 0.15) is 17.3 Å². The van der Waals surface area contributed by atoms with E-state index < -0.39 is 49.8 Å². The highest BCUT2D eigenvalue weighted by atomic mass is 28.4. The smallest absolute Gasteiger partial charge is 0.430 e. The Kier molecular flexibility index (Phi) is 9.61. The summed E-state index contributed by atoms with van der Waals surface area (Å²) in [5, 5.41) is 3.97. The van der Waals surface area contributed by atoms with Crippen molar-refractivity contribution >= 4 is 42.0 Å². The van der Waals surface area contributed by atoms with Crippen LogP contribution in [0.2, 0.25) is 0 Å². The van der Waals surface area contributed by atoms with Gasteiger partial charge >= 0.3 is 18.2 Å². The average Bonchev–Trinajstić information content (AvgIpc) is 3.32. The van der Waals surface area contributed by atoms with Crippen LogP contribution >= 0.6 is 0 Å². The fraction of sp³-hybridized carbons (Fsp3) is 0.364. The van der Waals surface area contributed by atoms with Crippen molar-refractivity contribution in [3.05, 3.63) is 91.0 Å². The van der Waals surface area contributed by atoms with Crippen LogP contribution in [0.25, 0.3) is 0 Å². The molecule has 1 aliphatic rings. The molecule has 0 spiro atoms. The molecule has 2 atom stereocenters. The van der Waals surface area contributed by atoms with Gasteiger partial charge in [-0.3, -0.25) is 0 Å². The lowest BCUT2D eigenvalue weighted by molar-refractivity contribution is -0.146. The molecule has 3 aromatic carbocycles. The monoisotopic (exact) mass is 604 g/mol. The zero-order valence-corrected chi connectivity index (χ0v) is 26.5. The molecule has 0 aliphatic carbocycles. The maximum atomic E-state index is 13.2. The minimum absolute atomic E-state index is 0.0712. The maximum Gasteiger partial charge on any atom is 0.430 e. The molecule has 3 aromatic rings. The van der Waals surface area contributed by atoms with E-state index in [9.17, 15) is 14.4 Å². The second kappa shape index (κ2) is 13.0. The van der Waals surface area contributed by atoms with E-state index in [1.165, 1.54) is 0 Å². The Balaban J connectivity index is 1.63. The van der Waals surface area contributed by atoms with Gasteiger partial charge < -0.3 is 18.6 Å². The molecule has 2 amide bonds. The number of hydrogen-bond acceptors (Lipinski definition) is 7. The number of cyclic esters (lactones) is 1. The lowest BCUT2D eigenvalue weighted by Crippen LogP contribution is -2.69. The largest absolute Gasteiger partial charge is 0.458 e. The third kappa shape index (κ3) is 8.03. The van der Waals surface area contributed by atoms with E-state index >= 15 is 0 Å². The topological polar surface area (TPSA) is 103 Å². The molecule has 1 fully saturated rings. The van der Waals surface area contributed by atoms with E-state index in [1.807, 2.05) is 54.6 Å². The predicted molar refractivity (Wildman–Crippen MR) is 166 cm³/mol. The fourth-order valence-electron chi connectivity index (χ4n) is 4.90. The Morgan fingerprint density at radius 2 is 1.23 bits per heavy atom. The van der Waals surface area contributed by atoms with Crippen LogP contribution in [0.15, 0.2) is 91.0 Å². The van der Waals surface area contributed by atoms with Crippen molar-refractivity contribution < 1.29 is 33.0 Å². The number of rotatable bonds is 7. The van der Waals surface area contributed by atoms with Gasteiger partial charge in [-0.25, -0.2) is 24.8 Å². The summed E-state index contributed by atoms with van der Waals surface area (Å²) in [5.74, 6) is -0.679. The summed E-state index contributed by atoms with van der Waals surface area (Å²) in [6, 6.07) is 29.0. The summed E-state index contributed by atoms with van der Waals surface area (Å²) in [6.45, 7) is 10.3. The van der Waals surface area contributed by atoms with Gasteiger partial charge in [0, 0.05) is 6.42 Å². The van der Waals surface area contributed by atoms with E-state index in [4.69, 9.17) is 18.6 Å². The Bertz CT molecular complexity index is 1290. The number of hydrazine groups is 1. The van der Waals surface area contributed by atoms with Gasteiger partial charge in [0.25, 0.3) is 8.32 Å². The fourth-order valence-corrected chi connectivity index (χ4v) is 8.82. The summed E-state index contributed by atoms with van der Waals surface area (Å²) in [7, 11) is -3.06. The molecule has 1 heterocycles. The van der Waals surface area contributed by atoms with E-state index in [1.54, 1.807) is 41.5 Å². The van der Waals surface area contributed by atoms with Crippen molar-refractivity contribution in [1.82, 2.24) is 10.4 Å². The van der Waals surface area contributed by atoms with Crippen molar-refractivity contribution in [1.29, 1.82) is 0 Å². The van der Waals surface area contributed by atoms with Crippen LogP contribution < -0.4 is 21.0 Å². The van der Waals surface area contributed by atoms with Crippen molar-refractivity contribution in [3.8, 4) is 0 Å². The number of hydrogen-bond donors (Lipinski definition) is 1. The van der Waals surface area contributed by atoms with Gasteiger partial charge in [0.05, 0.1) is 6.61 Å². The van der Waals surface area contributed by atoms with Gasteiger partial charge in [-0.2, -0.15) is 0 Å². The molecule has 1 N–H and O–H groups in total. The number of carbonyl (C=O) groups excluding carboxylic acids is 3. The molecule has 0 bridgehead atoms. The van der Waals surface area contributed by atoms with E-state index in [-0.39, 0.29) is 13.0 Å². The first kappa shape index (κ1) is 31.8. The van der Waals surface area contributed by atoms with Crippen LogP contribution in [-0.4, -0.2) is 61.4 Å². The number of esters is 1. The first-order chi connectivity index (χ1) is 20.3. The molecule has 4 rings (SSSR count). The van der Waals surface area contributed by atoms with Crippen LogP contribution in [0.1, 0.15) is 48.0 Å². The van der Waals surface area contributed by atoms with Gasteiger partial charge in [-0.1, -0.05) is 91.0 Å². The van der Waals surface area contributed by atoms with Crippen LogP contribution in [-0.2, 0) is 23.4 Å². The second-order valence-electron chi connectivity index (χ2n) is 12.4. The standard InChI is InChI=1S/C33H40N2O7Si/c1-32(2,3)41-30(37)34-35(31(38)42-33(4,5)6)28-22-24(40-29(28)36)23-39-43(25-16-10-7-11-17-25,26-18-12-8-13-19-26)27-20-14-9-15-21-27/h7-21,24,28H,22-23H2,1-6H3,(H,34,37)/t24-,28-/m1/s1. The maximum absolute atomic E-state index is 13.2. The molecular formula is C33H40N2O7Si. The average molecular weight is 605 g/mol. The predicted octanol–water partition coefficient (Wildman–Crippen LogP) is 4.03. The molecule has 0 radical (unpaired) electrons. The van der Waals surface area contributed by atoms with E-state index in [2.05, 4.69) is 41.8 Å². The van der Waals surface area contributed by atoms with Crippen LogP contribution in [0, 0.1) is 0 Å².